The van der Waals surface area contributed by atoms with E-state index in [4.69, 9.17) is 9.47 Å². The van der Waals surface area contributed by atoms with Crippen molar-refractivity contribution >= 4 is 5.96 Å². The first kappa shape index (κ1) is 19.5. The minimum absolute atomic E-state index is 0.136. The van der Waals surface area contributed by atoms with Gasteiger partial charge < -0.3 is 20.1 Å². The minimum Gasteiger partial charge on any atom is -0.454 e. The van der Waals surface area contributed by atoms with Gasteiger partial charge in [-0.15, -0.1) is 0 Å². The predicted molar refractivity (Wildman–Crippen MR) is 119 cm³/mol. The second kappa shape index (κ2) is 8.34. The third-order valence-electron chi connectivity index (χ3n) is 6.11. The summed E-state index contributed by atoms with van der Waals surface area (Å²) >= 11 is 0. The minimum atomic E-state index is 0.136. The van der Waals surface area contributed by atoms with Crippen LogP contribution in [-0.2, 0) is 18.5 Å². The van der Waals surface area contributed by atoms with E-state index in [9.17, 15) is 0 Å². The first-order valence-corrected chi connectivity index (χ1v) is 10.6. The third kappa shape index (κ3) is 4.21. The SMILES string of the molecule is CN=C(NCc1ccccc1Cn1cccn1)NCC1(c2ccc3c(c2)OCO3)CC1. The standard InChI is InChI=1S/C24H27N5O2/c1-25-23(26-14-18-5-2-3-6-19(18)15-29-12-4-11-28-29)27-16-24(9-10-24)20-7-8-21-22(13-20)31-17-30-21/h2-8,11-13H,9-10,14-17H2,1H3,(H2,25,26,27). The zero-order valence-electron chi connectivity index (χ0n) is 17.7. The predicted octanol–water partition coefficient (Wildman–Crippen LogP) is 3.06. The fourth-order valence-electron chi connectivity index (χ4n) is 4.05. The molecule has 2 aromatic carbocycles. The first-order valence-electron chi connectivity index (χ1n) is 10.6. The summed E-state index contributed by atoms with van der Waals surface area (Å²) in [6.45, 7) is 2.60. The Morgan fingerprint density at radius 2 is 1.90 bits per heavy atom. The molecule has 1 saturated carbocycles. The van der Waals surface area contributed by atoms with Gasteiger partial charge in [-0.1, -0.05) is 30.3 Å². The Labute approximate surface area is 182 Å². The fraction of sp³-hybridized carbons (Fsp3) is 0.333. The van der Waals surface area contributed by atoms with Crippen LogP contribution in [0.15, 0.2) is 65.9 Å². The van der Waals surface area contributed by atoms with Gasteiger partial charge in [-0.05, 0) is 47.7 Å². The largest absolute Gasteiger partial charge is 0.454 e. The summed E-state index contributed by atoms with van der Waals surface area (Å²) in [6, 6.07) is 16.7. The molecule has 0 amide bonds. The molecular weight excluding hydrogens is 390 g/mol. The summed E-state index contributed by atoms with van der Waals surface area (Å²) < 4.78 is 12.9. The number of hydrogen-bond donors (Lipinski definition) is 2. The molecule has 0 atom stereocenters. The van der Waals surface area contributed by atoms with Gasteiger partial charge in [-0.3, -0.25) is 9.67 Å². The van der Waals surface area contributed by atoms with Gasteiger partial charge in [0.05, 0.1) is 6.54 Å². The molecule has 2 heterocycles. The van der Waals surface area contributed by atoms with Crippen molar-refractivity contribution in [2.24, 2.45) is 4.99 Å². The van der Waals surface area contributed by atoms with E-state index in [0.29, 0.717) is 13.3 Å². The van der Waals surface area contributed by atoms with Gasteiger partial charge in [0, 0.05) is 37.9 Å². The van der Waals surface area contributed by atoms with E-state index in [2.05, 4.69) is 57.1 Å². The van der Waals surface area contributed by atoms with Crippen molar-refractivity contribution in [3.05, 3.63) is 77.6 Å². The number of rotatable bonds is 7. The molecular formula is C24H27N5O2. The topological polar surface area (TPSA) is 72.7 Å². The zero-order chi connectivity index (χ0) is 21.1. The van der Waals surface area contributed by atoms with Crippen molar-refractivity contribution < 1.29 is 9.47 Å². The Balaban J connectivity index is 1.20. The van der Waals surface area contributed by atoms with Crippen LogP contribution in [0.2, 0.25) is 0 Å². The summed E-state index contributed by atoms with van der Waals surface area (Å²) in [6.07, 6.45) is 6.10. The molecule has 0 radical (unpaired) electrons. The molecule has 5 rings (SSSR count). The monoisotopic (exact) mass is 417 g/mol. The Morgan fingerprint density at radius 1 is 1.06 bits per heavy atom. The highest BCUT2D eigenvalue weighted by atomic mass is 16.7. The molecule has 0 spiro atoms. The Morgan fingerprint density at radius 3 is 2.68 bits per heavy atom. The van der Waals surface area contributed by atoms with Crippen molar-refractivity contribution in [2.75, 3.05) is 20.4 Å². The smallest absolute Gasteiger partial charge is 0.231 e. The van der Waals surface area contributed by atoms with Gasteiger partial charge in [-0.2, -0.15) is 5.10 Å². The van der Waals surface area contributed by atoms with Crippen LogP contribution in [0.3, 0.4) is 0 Å². The number of hydrogen-bond acceptors (Lipinski definition) is 4. The molecule has 1 aliphatic heterocycles. The van der Waals surface area contributed by atoms with Crippen LogP contribution in [0.4, 0.5) is 0 Å². The van der Waals surface area contributed by atoms with Gasteiger partial charge in [-0.25, -0.2) is 0 Å². The van der Waals surface area contributed by atoms with E-state index in [1.165, 1.54) is 16.7 Å². The summed E-state index contributed by atoms with van der Waals surface area (Å²) in [4.78, 5) is 4.42. The Hall–Kier alpha value is -3.48. The molecule has 3 aromatic rings. The van der Waals surface area contributed by atoms with Crippen LogP contribution in [-0.4, -0.2) is 36.1 Å². The number of nitrogens with zero attached hydrogens (tertiary/aromatic N) is 3. The molecule has 1 aliphatic carbocycles. The molecule has 0 unspecified atom stereocenters. The average Bonchev–Trinajstić information content (AvgIpc) is 3.18. The van der Waals surface area contributed by atoms with E-state index in [1.54, 1.807) is 6.20 Å². The maximum absolute atomic E-state index is 5.56. The lowest BCUT2D eigenvalue weighted by Crippen LogP contribution is -2.41. The van der Waals surface area contributed by atoms with Gasteiger partial charge in [0.15, 0.2) is 17.5 Å². The molecule has 1 fully saturated rings. The van der Waals surface area contributed by atoms with Crippen LogP contribution in [0.25, 0.3) is 0 Å². The van der Waals surface area contributed by atoms with Crippen LogP contribution in [0.5, 0.6) is 11.5 Å². The van der Waals surface area contributed by atoms with Crippen LogP contribution < -0.4 is 20.1 Å². The van der Waals surface area contributed by atoms with Crippen molar-refractivity contribution in [1.29, 1.82) is 0 Å². The van der Waals surface area contributed by atoms with E-state index in [-0.39, 0.29) is 5.41 Å². The van der Waals surface area contributed by atoms with E-state index in [1.807, 2.05) is 30.1 Å². The highest BCUT2D eigenvalue weighted by Crippen LogP contribution is 2.49. The number of aliphatic imine (C=N–C) groups is 1. The average molecular weight is 418 g/mol. The molecule has 160 valence electrons. The summed E-state index contributed by atoms with van der Waals surface area (Å²) in [5.41, 5.74) is 3.91. The molecule has 2 aliphatic rings. The number of guanidine groups is 1. The highest BCUT2D eigenvalue weighted by molar-refractivity contribution is 5.79. The lowest BCUT2D eigenvalue weighted by molar-refractivity contribution is 0.174. The van der Waals surface area contributed by atoms with Gasteiger partial charge in [0.2, 0.25) is 6.79 Å². The molecule has 7 nitrogen and oxygen atoms in total. The second-order valence-electron chi connectivity index (χ2n) is 8.10. The molecule has 1 aromatic heterocycles. The molecule has 7 heteroatoms. The summed E-state index contributed by atoms with van der Waals surface area (Å²) in [7, 11) is 1.81. The van der Waals surface area contributed by atoms with E-state index < -0.39 is 0 Å². The van der Waals surface area contributed by atoms with Crippen molar-refractivity contribution in [1.82, 2.24) is 20.4 Å². The van der Waals surface area contributed by atoms with Gasteiger partial charge in [0.25, 0.3) is 0 Å². The molecule has 0 saturated heterocycles. The Kier molecular flexibility index (Phi) is 5.24. The number of ether oxygens (including phenoxy) is 2. The molecule has 0 bridgehead atoms. The maximum atomic E-state index is 5.56. The van der Waals surface area contributed by atoms with Crippen LogP contribution >= 0.6 is 0 Å². The van der Waals surface area contributed by atoms with E-state index >= 15 is 0 Å². The van der Waals surface area contributed by atoms with Crippen LogP contribution in [0.1, 0.15) is 29.5 Å². The van der Waals surface area contributed by atoms with E-state index in [0.717, 1.165) is 43.4 Å². The first-order chi connectivity index (χ1) is 15.3. The third-order valence-corrected chi connectivity index (χ3v) is 6.11. The lowest BCUT2D eigenvalue weighted by Gasteiger charge is -2.20. The molecule has 2 N–H and O–H groups in total. The lowest BCUT2D eigenvalue weighted by atomic mass is 9.95. The number of aromatic nitrogens is 2. The van der Waals surface area contributed by atoms with Crippen molar-refractivity contribution in [3.8, 4) is 11.5 Å². The van der Waals surface area contributed by atoms with Crippen molar-refractivity contribution in [2.45, 2.75) is 31.3 Å². The summed E-state index contributed by atoms with van der Waals surface area (Å²) in [5.74, 6) is 2.49. The quantitative estimate of drug-likeness (QED) is 0.457. The molecule has 31 heavy (non-hydrogen) atoms. The van der Waals surface area contributed by atoms with Gasteiger partial charge >= 0.3 is 0 Å². The number of benzene rings is 2. The van der Waals surface area contributed by atoms with Crippen molar-refractivity contribution in [3.63, 3.8) is 0 Å². The zero-order valence-corrected chi connectivity index (χ0v) is 17.7. The Bertz CT molecular complexity index is 1070. The van der Waals surface area contributed by atoms with Crippen LogP contribution in [0, 0.1) is 0 Å². The maximum Gasteiger partial charge on any atom is 0.231 e. The highest BCUT2D eigenvalue weighted by Gasteiger charge is 2.44. The number of fused-ring (bicyclic) bond motifs is 1. The summed E-state index contributed by atoms with van der Waals surface area (Å²) in [5, 5.41) is 11.3. The van der Waals surface area contributed by atoms with Gasteiger partial charge in [0.1, 0.15) is 0 Å². The second-order valence-corrected chi connectivity index (χ2v) is 8.10. The normalized spacial score (nSPS) is 16.2. The number of nitrogens with one attached hydrogen (secondary N) is 2. The fourth-order valence-corrected chi connectivity index (χ4v) is 4.05.